The van der Waals surface area contributed by atoms with Crippen molar-refractivity contribution in [1.82, 2.24) is 15.5 Å². The summed E-state index contributed by atoms with van der Waals surface area (Å²) in [6, 6.07) is 8.24. The second kappa shape index (κ2) is 8.74. The van der Waals surface area contributed by atoms with E-state index >= 15 is 0 Å². The van der Waals surface area contributed by atoms with E-state index in [0.29, 0.717) is 5.19 Å². The molecule has 1 heterocycles. The summed E-state index contributed by atoms with van der Waals surface area (Å²) in [4.78, 5) is 0. The van der Waals surface area contributed by atoms with Crippen LogP contribution in [0.15, 0.2) is 24.3 Å². The van der Waals surface area contributed by atoms with Crippen LogP contribution in [0.5, 0.6) is 10.9 Å². The van der Waals surface area contributed by atoms with Crippen LogP contribution in [0.4, 0.5) is 0 Å². The van der Waals surface area contributed by atoms with Crippen LogP contribution in [-0.4, -0.2) is 16.7 Å². The third kappa shape index (κ3) is 5.44. The zero-order chi connectivity index (χ0) is 14.9. The Hall–Kier alpha value is -1.46. The Morgan fingerprint density at radius 3 is 2.62 bits per heavy atom. The summed E-state index contributed by atoms with van der Waals surface area (Å²) in [5.74, 6) is 0.819. The summed E-state index contributed by atoms with van der Waals surface area (Å²) in [5, 5.41) is 13.1. The number of rotatable bonds is 9. The highest BCUT2D eigenvalue weighted by atomic mass is 32.1. The van der Waals surface area contributed by atoms with Crippen molar-refractivity contribution in [2.75, 3.05) is 6.54 Å². The molecule has 0 amide bonds. The van der Waals surface area contributed by atoms with Crippen molar-refractivity contribution in [3.8, 4) is 10.9 Å². The van der Waals surface area contributed by atoms with Crippen molar-refractivity contribution in [3.05, 3.63) is 34.8 Å². The first kappa shape index (κ1) is 15.9. The highest BCUT2D eigenvalue weighted by molar-refractivity contribution is 7.13. The van der Waals surface area contributed by atoms with Gasteiger partial charge in [0.25, 0.3) is 5.19 Å². The Balaban J connectivity index is 1.86. The molecule has 114 valence electrons. The van der Waals surface area contributed by atoms with E-state index in [1.54, 1.807) is 0 Å². The monoisotopic (exact) mass is 305 g/mol. The smallest absolute Gasteiger partial charge is 0.299 e. The Kier molecular flexibility index (Phi) is 6.63. The van der Waals surface area contributed by atoms with E-state index < -0.39 is 0 Å². The summed E-state index contributed by atoms with van der Waals surface area (Å²) >= 11 is 1.49. The summed E-state index contributed by atoms with van der Waals surface area (Å²) in [7, 11) is 0. The normalized spacial score (nSPS) is 10.8. The molecule has 1 aromatic heterocycles. The number of ether oxygens (including phenoxy) is 1. The maximum atomic E-state index is 5.74. The van der Waals surface area contributed by atoms with Crippen molar-refractivity contribution in [2.45, 2.75) is 46.1 Å². The third-order valence-corrected chi connectivity index (χ3v) is 3.90. The van der Waals surface area contributed by atoms with Crippen LogP contribution in [0.2, 0.25) is 0 Å². The Morgan fingerprint density at radius 1 is 1.10 bits per heavy atom. The van der Waals surface area contributed by atoms with Crippen molar-refractivity contribution < 1.29 is 4.74 Å². The first-order chi connectivity index (χ1) is 10.3. The van der Waals surface area contributed by atoms with Gasteiger partial charge in [0.15, 0.2) is 0 Å². The lowest BCUT2D eigenvalue weighted by Gasteiger charge is -2.03. The third-order valence-electron chi connectivity index (χ3n) is 3.10. The number of hydrogen-bond acceptors (Lipinski definition) is 5. The summed E-state index contributed by atoms with van der Waals surface area (Å²) in [6.07, 6.45) is 4.69. The fourth-order valence-electron chi connectivity index (χ4n) is 1.93. The molecule has 4 nitrogen and oxygen atoms in total. The van der Waals surface area contributed by atoms with Crippen LogP contribution in [0.25, 0.3) is 0 Å². The van der Waals surface area contributed by atoms with E-state index in [1.165, 1.54) is 29.7 Å². The molecule has 5 heteroatoms. The number of unbranched alkanes of at least 4 members (excludes halogenated alkanes) is 1. The Bertz CT molecular complexity index is 525. The van der Waals surface area contributed by atoms with Crippen molar-refractivity contribution in [1.29, 1.82) is 0 Å². The highest BCUT2D eigenvalue weighted by Gasteiger charge is 2.06. The van der Waals surface area contributed by atoms with E-state index in [9.17, 15) is 0 Å². The van der Waals surface area contributed by atoms with Gasteiger partial charge in [-0.25, -0.2) is 0 Å². The lowest BCUT2D eigenvalue weighted by Crippen LogP contribution is -2.13. The van der Waals surface area contributed by atoms with Gasteiger partial charge in [-0.3, -0.25) is 0 Å². The average molecular weight is 305 g/mol. The largest absolute Gasteiger partial charge is 0.430 e. The number of benzene rings is 1. The van der Waals surface area contributed by atoms with E-state index in [1.807, 2.05) is 12.1 Å². The second-order valence-corrected chi connectivity index (χ2v) is 6.01. The van der Waals surface area contributed by atoms with Gasteiger partial charge in [-0.1, -0.05) is 48.8 Å². The molecule has 0 aliphatic rings. The van der Waals surface area contributed by atoms with Crippen LogP contribution >= 0.6 is 11.3 Å². The minimum Gasteiger partial charge on any atom is -0.430 e. The van der Waals surface area contributed by atoms with Gasteiger partial charge in [0, 0.05) is 6.54 Å². The molecule has 0 unspecified atom stereocenters. The minimum absolute atomic E-state index is 0.601. The molecule has 0 aliphatic heterocycles. The molecule has 1 N–H and O–H groups in total. The molecule has 2 aromatic rings. The van der Waals surface area contributed by atoms with Gasteiger partial charge in [0.1, 0.15) is 10.8 Å². The number of hydrogen-bond donors (Lipinski definition) is 1. The average Bonchev–Trinajstić information content (AvgIpc) is 2.94. The molecule has 0 aliphatic carbocycles. The second-order valence-electron chi connectivity index (χ2n) is 4.99. The molecule has 0 spiro atoms. The van der Waals surface area contributed by atoms with E-state index in [0.717, 1.165) is 36.7 Å². The van der Waals surface area contributed by atoms with Gasteiger partial charge in [-0.05, 0) is 43.5 Å². The predicted octanol–water partition coefficient (Wildman–Crippen LogP) is 4.17. The maximum Gasteiger partial charge on any atom is 0.299 e. The zero-order valence-electron chi connectivity index (χ0n) is 12.8. The lowest BCUT2D eigenvalue weighted by atomic mass is 10.1. The molecule has 0 saturated heterocycles. The summed E-state index contributed by atoms with van der Waals surface area (Å²) in [5.41, 5.74) is 1.35. The first-order valence-corrected chi connectivity index (χ1v) is 8.43. The Labute approximate surface area is 130 Å². The van der Waals surface area contributed by atoms with Gasteiger partial charge in [-0.15, -0.1) is 5.10 Å². The van der Waals surface area contributed by atoms with Gasteiger partial charge in [-0.2, -0.15) is 0 Å². The van der Waals surface area contributed by atoms with Crippen LogP contribution in [0, 0.1) is 0 Å². The zero-order valence-corrected chi connectivity index (χ0v) is 13.6. The molecule has 0 bridgehead atoms. The SMILES string of the molecule is CCCCc1ccc(Oc2nnc(CNCCC)s2)cc1. The van der Waals surface area contributed by atoms with E-state index in [2.05, 4.69) is 41.5 Å². The first-order valence-electron chi connectivity index (χ1n) is 7.61. The minimum atomic E-state index is 0.601. The molecule has 0 saturated carbocycles. The van der Waals surface area contributed by atoms with Crippen molar-refractivity contribution in [3.63, 3.8) is 0 Å². The molecule has 0 radical (unpaired) electrons. The fourth-order valence-corrected chi connectivity index (χ4v) is 2.61. The molecule has 21 heavy (non-hydrogen) atoms. The van der Waals surface area contributed by atoms with Crippen LogP contribution in [0.3, 0.4) is 0 Å². The lowest BCUT2D eigenvalue weighted by molar-refractivity contribution is 0.472. The van der Waals surface area contributed by atoms with Gasteiger partial charge < -0.3 is 10.1 Å². The van der Waals surface area contributed by atoms with Gasteiger partial charge >= 0.3 is 0 Å². The molecule has 2 rings (SSSR count). The molecular formula is C16H23N3OS. The number of aromatic nitrogens is 2. The van der Waals surface area contributed by atoms with Crippen LogP contribution in [-0.2, 0) is 13.0 Å². The van der Waals surface area contributed by atoms with Gasteiger partial charge in [0.05, 0.1) is 0 Å². The van der Waals surface area contributed by atoms with Crippen LogP contribution in [0.1, 0.15) is 43.7 Å². The van der Waals surface area contributed by atoms with E-state index in [-0.39, 0.29) is 0 Å². The number of aryl methyl sites for hydroxylation is 1. The molecular weight excluding hydrogens is 282 g/mol. The standard InChI is InChI=1S/C16H23N3OS/c1-3-5-6-13-7-9-14(10-8-13)20-16-19-18-15(21-16)12-17-11-4-2/h7-10,17H,3-6,11-12H2,1-2H3. The Morgan fingerprint density at radius 2 is 1.90 bits per heavy atom. The quantitative estimate of drug-likeness (QED) is 0.706. The van der Waals surface area contributed by atoms with Crippen molar-refractivity contribution >= 4 is 11.3 Å². The topological polar surface area (TPSA) is 47.0 Å². The van der Waals surface area contributed by atoms with Crippen LogP contribution < -0.4 is 10.1 Å². The molecule has 0 atom stereocenters. The van der Waals surface area contributed by atoms with Gasteiger partial charge in [0.2, 0.25) is 0 Å². The van der Waals surface area contributed by atoms with E-state index in [4.69, 9.17) is 4.74 Å². The molecule has 1 aromatic carbocycles. The number of nitrogens with zero attached hydrogens (tertiary/aromatic N) is 2. The highest BCUT2D eigenvalue weighted by Crippen LogP contribution is 2.25. The summed E-state index contributed by atoms with van der Waals surface area (Å²) < 4.78 is 5.74. The maximum absolute atomic E-state index is 5.74. The fraction of sp³-hybridized carbons (Fsp3) is 0.500. The number of nitrogens with one attached hydrogen (secondary N) is 1. The summed E-state index contributed by atoms with van der Waals surface area (Å²) in [6.45, 7) is 6.10. The molecule has 0 fully saturated rings. The van der Waals surface area contributed by atoms with Crippen molar-refractivity contribution in [2.24, 2.45) is 0 Å². The predicted molar refractivity (Wildman–Crippen MR) is 87.0 cm³/mol.